The lowest BCUT2D eigenvalue weighted by molar-refractivity contribution is 0.0943. The van der Waals surface area contributed by atoms with E-state index in [2.05, 4.69) is 15.6 Å². The molecule has 0 radical (unpaired) electrons. The fourth-order valence-electron chi connectivity index (χ4n) is 3.28. The Morgan fingerprint density at radius 2 is 2.03 bits per heavy atom. The molecule has 0 aliphatic heterocycles. The summed E-state index contributed by atoms with van der Waals surface area (Å²) < 4.78 is 8.33. The maximum absolute atomic E-state index is 12.9. The Morgan fingerprint density at radius 1 is 1.20 bits per heavy atom. The van der Waals surface area contributed by atoms with Crippen LogP contribution in [0.2, 0.25) is 0 Å². The summed E-state index contributed by atoms with van der Waals surface area (Å²) in [5, 5.41) is 13.1. The van der Waals surface area contributed by atoms with Crippen molar-refractivity contribution in [1.82, 2.24) is 24.8 Å². The minimum atomic E-state index is -0.348. The van der Waals surface area contributed by atoms with Crippen molar-refractivity contribution in [2.24, 2.45) is 0 Å². The van der Waals surface area contributed by atoms with Crippen LogP contribution in [-0.4, -0.2) is 32.0 Å². The van der Waals surface area contributed by atoms with Crippen LogP contribution in [0.5, 0.6) is 0 Å². The molecule has 9 heteroatoms. The zero-order valence-corrected chi connectivity index (χ0v) is 16.8. The van der Waals surface area contributed by atoms with Gasteiger partial charge in [0, 0.05) is 18.5 Å². The quantitative estimate of drug-likeness (QED) is 0.495. The first-order chi connectivity index (χ1) is 14.7. The molecule has 1 amide bonds. The van der Waals surface area contributed by atoms with E-state index in [1.54, 1.807) is 10.6 Å². The average Bonchev–Trinajstić information content (AvgIpc) is 3.16. The molecule has 1 aliphatic carbocycles. The number of amides is 1. The van der Waals surface area contributed by atoms with Crippen molar-refractivity contribution < 1.29 is 9.32 Å². The van der Waals surface area contributed by atoms with Crippen LogP contribution in [0.15, 0.2) is 63.2 Å². The largest absolute Gasteiger partial charge is 0.355 e. The predicted molar refractivity (Wildman–Crippen MR) is 112 cm³/mol. The molecule has 8 nitrogen and oxygen atoms in total. The van der Waals surface area contributed by atoms with E-state index in [4.69, 9.17) is 4.52 Å². The highest BCUT2D eigenvalue weighted by Crippen LogP contribution is 2.39. The first-order valence-electron chi connectivity index (χ1n) is 9.74. The second-order valence-corrected chi connectivity index (χ2v) is 8.07. The number of carbonyl (C=O) groups excluding carboxylic acids is 1. The fraction of sp³-hybridized carbons (Fsp3) is 0.238. The number of hydrogen-bond donors (Lipinski definition) is 1. The molecule has 0 spiro atoms. The fourth-order valence-corrected chi connectivity index (χ4v) is 3.95. The molecule has 4 aromatic rings. The first kappa shape index (κ1) is 18.6. The molecule has 30 heavy (non-hydrogen) atoms. The number of rotatable bonds is 7. The van der Waals surface area contributed by atoms with Gasteiger partial charge in [-0.3, -0.25) is 4.79 Å². The lowest BCUT2D eigenvalue weighted by Crippen LogP contribution is -2.32. The Hall–Kier alpha value is -3.46. The van der Waals surface area contributed by atoms with Gasteiger partial charge < -0.3 is 9.84 Å². The van der Waals surface area contributed by atoms with E-state index in [-0.39, 0.29) is 30.4 Å². The zero-order chi connectivity index (χ0) is 20.5. The van der Waals surface area contributed by atoms with E-state index in [9.17, 15) is 9.59 Å². The van der Waals surface area contributed by atoms with E-state index >= 15 is 0 Å². The highest BCUT2D eigenvalue weighted by atomic mass is 32.1. The van der Waals surface area contributed by atoms with Crippen molar-refractivity contribution in [2.45, 2.75) is 25.3 Å². The molecule has 3 heterocycles. The van der Waals surface area contributed by atoms with E-state index < -0.39 is 0 Å². The van der Waals surface area contributed by atoms with E-state index in [0.717, 1.165) is 29.2 Å². The van der Waals surface area contributed by atoms with Crippen LogP contribution < -0.4 is 11.0 Å². The zero-order valence-electron chi connectivity index (χ0n) is 16.0. The molecule has 5 rings (SSSR count). The number of carbonyl (C=O) groups is 1. The molecule has 1 saturated carbocycles. The number of thiophene rings is 1. The Labute approximate surface area is 175 Å². The topological polar surface area (TPSA) is 95.0 Å². The molecule has 0 atom stereocenters. The minimum Gasteiger partial charge on any atom is -0.355 e. The van der Waals surface area contributed by atoms with Crippen LogP contribution in [0.1, 0.15) is 35.1 Å². The number of aromatic nitrogens is 4. The molecule has 0 bridgehead atoms. The highest BCUT2D eigenvalue weighted by molar-refractivity contribution is 7.13. The molecule has 1 fully saturated rings. The standard InChI is InChI=1S/C21H19N5O3S/c27-20(16-13-17(29-24-16)18-7-4-12-30-18)22-10-11-25-21(28)26(15-5-2-1-3-6-15)19(23-25)14-8-9-14/h1-7,12-14H,8-11H2,(H,22,27). The number of benzene rings is 1. The summed E-state index contributed by atoms with van der Waals surface area (Å²) in [6.07, 6.45) is 2.08. The van der Waals surface area contributed by atoms with Crippen LogP contribution in [-0.2, 0) is 6.54 Å². The van der Waals surface area contributed by atoms with Gasteiger partial charge in [0.15, 0.2) is 11.5 Å². The van der Waals surface area contributed by atoms with Gasteiger partial charge in [-0.2, -0.15) is 5.10 Å². The summed E-state index contributed by atoms with van der Waals surface area (Å²) >= 11 is 1.51. The van der Waals surface area contributed by atoms with E-state index in [1.165, 1.54) is 16.0 Å². The molecule has 1 aliphatic rings. The molecular formula is C21H19N5O3S. The van der Waals surface area contributed by atoms with Crippen LogP contribution in [0.4, 0.5) is 0 Å². The average molecular weight is 421 g/mol. The SMILES string of the molecule is O=C(NCCn1nc(C2CC2)n(-c2ccccc2)c1=O)c1cc(-c2cccs2)on1. The number of nitrogens with zero attached hydrogens (tertiary/aromatic N) is 4. The van der Waals surface area contributed by atoms with Gasteiger partial charge in [0.05, 0.1) is 17.1 Å². The van der Waals surface area contributed by atoms with Gasteiger partial charge in [-0.05, 0) is 36.4 Å². The third-order valence-corrected chi connectivity index (χ3v) is 5.82. The summed E-state index contributed by atoms with van der Waals surface area (Å²) in [7, 11) is 0. The smallest absolute Gasteiger partial charge is 0.350 e. The highest BCUT2D eigenvalue weighted by Gasteiger charge is 2.31. The summed E-state index contributed by atoms with van der Waals surface area (Å²) in [5.74, 6) is 1.32. The van der Waals surface area contributed by atoms with Crippen molar-refractivity contribution >= 4 is 17.2 Å². The molecule has 1 aromatic carbocycles. The third-order valence-electron chi connectivity index (χ3n) is 4.94. The molecular weight excluding hydrogens is 402 g/mol. The maximum atomic E-state index is 12.9. The number of hydrogen-bond acceptors (Lipinski definition) is 6. The monoisotopic (exact) mass is 421 g/mol. The Balaban J connectivity index is 1.28. The van der Waals surface area contributed by atoms with Gasteiger partial charge >= 0.3 is 5.69 Å². The van der Waals surface area contributed by atoms with Crippen LogP contribution in [0.25, 0.3) is 16.3 Å². The van der Waals surface area contributed by atoms with Gasteiger partial charge in [0.25, 0.3) is 5.91 Å². The lowest BCUT2D eigenvalue weighted by atomic mass is 10.3. The third kappa shape index (κ3) is 3.59. The summed E-state index contributed by atoms with van der Waals surface area (Å²) in [6, 6.07) is 14.9. The van der Waals surface area contributed by atoms with Crippen LogP contribution in [0.3, 0.4) is 0 Å². The molecule has 0 saturated heterocycles. The van der Waals surface area contributed by atoms with Gasteiger partial charge in [-0.15, -0.1) is 11.3 Å². The van der Waals surface area contributed by atoms with Crippen LogP contribution >= 0.6 is 11.3 Å². The van der Waals surface area contributed by atoms with Crippen molar-refractivity contribution in [3.63, 3.8) is 0 Å². The van der Waals surface area contributed by atoms with Crippen LogP contribution in [0, 0.1) is 0 Å². The Morgan fingerprint density at radius 3 is 2.77 bits per heavy atom. The van der Waals surface area contributed by atoms with E-state index in [1.807, 2.05) is 47.8 Å². The van der Waals surface area contributed by atoms with Gasteiger partial charge in [0.2, 0.25) is 0 Å². The summed E-state index contributed by atoms with van der Waals surface area (Å²) in [4.78, 5) is 26.2. The summed E-state index contributed by atoms with van der Waals surface area (Å²) in [6.45, 7) is 0.537. The van der Waals surface area contributed by atoms with Gasteiger partial charge in [-0.1, -0.05) is 29.4 Å². The molecule has 1 N–H and O–H groups in total. The van der Waals surface area contributed by atoms with Crippen molar-refractivity contribution in [2.75, 3.05) is 6.54 Å². The van der Waals surface area contributed by atoms with Crippen molar-refractivity contribution in [1.29, 1.82) is 0 Å². The lowest BCUT2D eigenvalue weighted by Gasteiger charge is -2.03. The normalized spacial score (nSPS) is 13.5. The maximum Gasteiger partial charge on any atom is 0.350 e. The van der Waals surface area contributed by atoms with Crippen molar-refractivity contribution in [3.8, 4) is 16.3 Å². The summed E-state index contributed by atoms with van der Waals surface area (Å²) in [5.41, 5.74) is 0.821. The van der Waals surface area contributed by atoms with Gasteiger partial charge in [0.1, 0.15) is 5.82 Å². The Kier molecular flexibility index (Phi) is 4.80. The Bertz CT molecular complexity index is 1220. The van der Waals surface area contributed by atoms with E-state index in [0.29, 0.717) is 11.7 Å². The second kappa shape index (κ2) is 7.75. The second-order valence-electron chi connectivity index (χ2n) is 7.12. The van der Waals surface area contributed by atoms with Gasteiger partial charge in [-0.25, -0.2) is 14.0 Å². The first-order valence-corrected chi connectivity index (χ1v) is 10.6. The number of para-hydroxylation sites is 1. The minimum absolute atomic E-state index is 0.196. The molecule has 152 valence electrons. The molecule has 3 aromatic heterocycles. The number of nitrogens with one attached hydrogen (secondary N) is 1. The predicted octanol–water partition coefficient (Wildman–Crippen LogP) is 3.06. The van der Waals surface area contributed by atoms with Crippen molar-refractivity contribution in [3.05, 3.63) is 75.9 Å². The molecule has 0 unspecified atom stereocenters.